The van der Waals surface area contributed by atoms with Gasteiger partial charge >= 0.3 is 0 Å². The van der Waals surface area contributed by atoms with Crippen LogP contribution in [0.25, 0.3) is 11.0 Å². The van der Waals surface area contributed by atoms with Gasteiger partial charge in [-0.1, -0.05) is 6.07 Å². The van der Waals surface area contributed by atoms with Gasteiger partial charge in [0.2, 0.25) is 5.88 Å². The molecule has 0 amide bonds. The third-order valence-corrected chi connectivity index (χ3v) is 8.46. The number of hydrogen-bond acceptors (Lipinski definition) is 7. The molecule has 0 atom stereocenters. The van der Waals surface area contributed by atoms with E-state index >= 15 is 0 Å². The van der Waals surface area contributed by atoms with Gasteiger partial charge in [0.25, 0.3) is 0 Å². The van der Waals surface area contributed by atoms with Gasteiger partial charge in [-0.15, -0.1) is 0 Å². The average Bonchev–Trinajstić information content (AvgIpc) is 3.48. The third-order valence-electron chi connectivity index (χ3n) is 8.46. The van der Waals surface area contributed by atoms with Crippen molar-refractivity contribution in [2.45, 2.75) is 69.1 Å². The molecule has 8 heteroatoms. The van der Waals surface area contributed by atoms with Crippen molar-refractivity contribution in [1.82, 2.24) is 20.3 Å². The Balaban J connectivity index is 1.07. The number of aryl methyl sites for hydroxylation is 1. The minimum absolute atomic E-state index is 0.0128. The molecular weight excluding hydrogens is 457 g/mol. The van der Waals surface area contributed by atoms with Gasteiger partial charge in [0, 0.05) is 43.0 Å². The van der Waals surface area contributed by atoms with Crippen LogP contribution in [0.3, 0.4) is 0 Å². The summed E-state index contributed by atoms with van der Waals surface area (Å²) in [6, 6.07) is 7.93. The van der Waals surface area contributed by atoms with Crippen molar-refractivity contribution in [1.29, 1.82) is 0 Å². The predicted octanol–water partition coefficient (Wildman–Crippen LogP) is 4.58. The Bertz CT molecular complexity index is 1200. The van der Waals surface area contributed by atoms with Gasteiger partial charge in [-0.25, -0.2) is 14.4 Å². The highest BCUT2D eigenvalue weighted by atomic mass is 19.1. The molecule has 0 aromatic carbocycles. The van der Waals surface area contributed by atoms with Gasteiger partial charge in [0.05, 0.1) is 36.5 Å². The summed E-state index contributed by atoms with van der Waals surface area (Å²) >= 11 is 0. The van der Waals surface area contributed by atoms with Gasteiger partial charge in [-0.2, -0.15) is 0 Å². The third kappa shape index (κ3) is 4.52. The Morgan fingerprint density at radius 2 is 1.89 bits per heavy atom. The fourth-order valence-corrected chi connectivity index (χ4v) is 6.04. The first-order valence-corrected chi connectivity index (χ1v) is 13.1. The number of hydrogen-bond donors (Lipinski definition) is 1. The van der Waals surface area contributed by atoms with E-state index in [1.165, 1.54) is 24.6 Å². The summed E-state index contributed by atoms with van der Waals surface area (Å²) < 4.78 is 26.5. The van der Waals surface area contributed by atoms with Gasteiger partial charge in [0.1, 0.15) is 11.6 Å². The van der Waals surface area contributed by atoms with Crippen LogP contribution in [-0.2, 0) is 17.7 Å². The second-order valence-electron chi connectivity index (χ2n) is 10.6. The maximum absolute atomic E-state index is 14.8. The van der Waals surface area contributed by atoms with E-state index in [1.807, 2.05) is 12.3 Å². The van der Waals surface area contributed by atoms with Crippen LogP contribution in [0.15, 0.2) is 36.7 Å². The second kappa shape index (κ2) is 9.56. The van der Waals surface area contributed by atoms with E-state index in [-0.39, 0.29) is 17.0 Å². The van der Waals surface area contributed by atoms with E-state index in [1.54, 1.807) is 13.2 Å². The van der Waals surface area contributed by atoms with Crippen molar-refractivity contribution >= 4 is 16.9 Å². The first-order valence-electron chi connectivity index (χ1n) is 13.1. The lowest BCUT2D eigenvalue weighted by Gasteiger charge is -2.53. The molecule has 6 heterocycles. The van der Waals surface area contributed by atoms with Gasteiger partial charge in [-0.3, -0.25) is 4.98 Å². The topological polar surface area (TPSA) is 72.4 Å². The summed E-state index contributed by atoms with van der Waals surface area (Å²) in [6.45, 7) is 3.71. The maximum atomic E-state index is 14.8. The van der Waals surface area contributed by atoms with Crippen LogP contribution >= 0.6 is 0 Å². The van der Waals surface area contributed by atoms with Crippen LogP contribution in [0.5, 0.6) is 5.88 Å². The molecule has 3 aromatic heterocycles. The molecule has 1 aliphatic carbocycles. The fourth-order valence-electron chi connectivity index (χ4n) is 6.04. The first-order chi connectivity index (χ1) is 17.6. The quantitative estimate of drug-likeness (QED) is 0.495. The van der Waals surface area contributed by atoms with Crippen molar-refractivity contribution in [2.75, 3.05) is 31.7 Å². The molecule has 3 aromatic rings. The van der Waals surface area contributed by atoms with E-state index < -0.39 is 0 Å². The lowest BCUT2D eigenvalue weighted by Crippen LogP contribution is -2.61. The molecule has 4 fully saturated rings. The maximum Gasteiger partial charge on any atom is 0.213 e. The van der Waals surface area contributed by atoms with E-state index in [2.05, 4.69) is 32.3 Å². The zero-order chi connectivity index (χ0) is 24.6. The summed E-state index contributed by atoms with van der Waals surface area (Å²) in [5.41, 5.74) is 2.89. The van der Waals surface area contributed by atoms with E-state index in [4.69, 9.17) is 14.5 Å². The zero-order valence-corrected chi connectivity index (χ0v) is 20.9. The molecule has 36 heavy (non-hydrogen) atoms. The number of halogens is 1. The van der Waals surface area contributed by atoms with E-state index in [0.29, 0.717) is 35.5 Å². The molecule has 1 N–H and O–H groups in total. The fraction of sp³-hybridized carbons (Fsp3) is 0.536. The molecular formula is C28H34FN5O2. The minimum atomic E-state index is -0.313. The number of nitrogens with one attached hydrogen (secondary N) is 1. The zero-order valence-electron chi connectivity index (χ0n) is 20.9. The van der Waals surface area contributed by atoms with E-state index in [0.717, 1.165) is 57.6 Å². The Morgan fingerprint density at radius 3 is 2.58 bits per heavy atom. The van der Waals surface area contributed by atoms with Crippen molar-refractivity contribution < 1.29 is 13.9 Å². The Hall–Kier alpha value is -2.84. The Labute approximate surface area is 211 Å². The number of aromatic nitrogens is 3. The van der Waals surface area contributed by atoms with Crippen LogP contribution in [0.2, 0.25) is 0 Å². The Kier molecular flexibility index (Phi) is 6.25. The number of rotatable bonds is 8. The number of fused-ring (bicyclic) bond motifs is 4. The normalized spacial score (nSPS) is 25.6. The molecule has 0 unspecified atom stereocenters. The van der Waals surface area contributed by atoms with Crippen molar-refractivity contribution in [3.05, 3.63) is 53.6 Å². The van der Waals surface area contributed by atoms with Crippen LogP contribution in [-0.4, -0.2) is 52.9 Å². The molecule has 0 radical (unpaired) electrons. The summed E-state index contributed by atoms with van der Waals surface area (Å²) in [6.07, 6.45) is 11.3. The lowest BCUT2D eigenvalue weighted by molar-refractivity contribution is -0.165. The SMILES string of the molecule is COc1ccc2ncc(F)c(CCC34CCC(NCc5ccc(N6CCCC6)nc5)(CC3)CO4)c2n1. The highest BCUT2D eigenvalue weighted by molar-refractivity contribution is 5.78. The molecule has 7 rings (SSSR count). The van der Waals surface area contributed by atoms with E-state index in [9.17, 15) is 4.39 Å². The summed E-state index contributed by atoms with van der Waals surface area (Å²) in [5, 5.41) is 3.79. The monoisotopic (exact) mass is 491 g/mol. The van der Waals surface area contributed by atoms with Crippen molar-refractivity contribution in [3.8, 4) is 5.88 Å². The summed E-state index contributed by atoms with van der Waals surface area (Å²) in [4.78, 5) is 15.7. The second-order valence-corrected chi connectivity index (χ2v) is 10.6. The number of methoxy groups -OCH3 is 1. The average molecular weight is 492 g/mol. The summed E-state index contributed by atoms with van der Waals surface area (Å²) in [5.74, 6) is 1.24. The van der Waals surface area contributed by atoms with Gasteiger partial charge in [0.15, 0.2) is 0 Å². The number of nitrogens with zero attached hydrogens (tertiary/aromatic N) is 4. The lowest BCUT2D eigenvalue weighted by atomic mass is 9.69. The smallest absolute Gasteiger partial charge is 0.213 e. The van der Waals surface area contributed by atoms with Crippen LogP contribution in [0, 0.1) is 5.82 Å². The van der Waals surface area contributed by atoms with Crippen LogP contribution in [0.1, 0.15) is 56.1 Å². The highest BCUT2D eigenvalue weighted by Gasteiger charge is 2.49. The molecule has 190 valence electrons. The molecule has 3 saturated heterocycles. The van der Waals surface area contributed by atoms with Gasteiger partial charge in [-0.05, 0) is 69.1 Å². The van der Waals surface area contributed by atoms with Crippen molar-refractivity contribution in [2.24, 2.45) is 0 Å². The molecule has 3 aliphatic heterocycles. The predicted molar refractivity (Wildman–Crippen MR) is 137 cm³/mol. The molecule has 0 spiro atoms. The number of ether oxygens (including phenoxy) is 2. The van der Waals surface area contributed by atoms with Crippen LogP contribution < -0.4 is 15.0 Å². The van der Waals surface area contributed by atoms with Gasteiger partial charge < -0.3 is 19.7 Å². The highest BCUT2D eigenvalue weighted by Crippen LogP contribution is 2.46. The largest absolute Gasteiger partial charge is 0.481 e. The summed E-state index contributed by atoms with van der Waals surface area (Å²) in [7, 11) is 1.57. The Morgan fingerprint density at radius 1 is 1.06 bits per heavy atom. The molecule has 7 nitrogen and oxygen atoms in total. The minimum Gasteiger partial charge on any atom is -0.481 e. The standard InChI is InChI=1S/C28H34FN5O2/c1-35-25-7-5-23-26(33-25)21(22(29)18-30-23)8-9-28-12-10-27(11-13-28,19-36-28)32-17-20-4-6-24(31-16-20)34-14-2-3-15-34/h4-7,16,18,32H,2-3,8-15,17,19H2,1H3. The van der Waals surface area contributed by atoms with Crippen LogP contribution in [0.4, 0.5) is 10.2 Å². The molecule has 1 saturated carbocycles. The molecule has 4 aliphatic rings. The first kappa shape index (κ1) is 23.6. The molecule has 2 bridgehead atoms. The number of anilines is 1. The number of pyridine rings is 3. The van der Waals surface area contributed by atoms with Crippen molar-refractivity contribution in [3.63, 3.8) is 0 Å².